The zero-order valence-electron chi connectivity index (χ0n) is 9.19. The van der Waals surface area contributed by atoms with Gasteiger partial charge < -0.3 is 13.9 Å². The molecule has 0 saturated carbocycles. The minimum absolute atomic E-state index is 0.0830. The Hall–Kier alpha value is 0.290. The Labute approximate surface area is 108 Å². The molecule has 0 aliphatic heterocycles. The number of carbonyl (C=O) groups excluding carboxylic acids is 1. The maximum Gasteiger partial charge on any atom is 0.393 e. The fraction of sp³-hybridized carbons (Fsp3) is 0.571. The van der Waals surface area contributed by atoms with Gasteiger partial charge in [0, 0.05) is 39.7 Å². The van der Waals surface area contributed by atoms with E-state index in [1.807, 2.05) is 0 Å². The minimum Gasteiger partial charge on any atom is -0.344 e. The van der Waals surface area contributed by atoms with Gasteiger partial charge in [0.25, 0.3) is 5.91 Å². The second-order valence-corrected chi connectivity index (χ2v) is 7.75. The van der Waals surface area contributed by atoms with Gasteiger partial charge in [0.05, 0.1) is 0 Å². The predicted octanol–water partition coefficient (Wildman–Crippen LogP) is 2.86. The molecule has 9 heteroatoms. The third kappa shape index (κ3) is 4.65. The largest absolute Gasteiger partial charge is 0.393 e. The summed E-state index contributed by atoms with van der Waals surface area (Å²) in [4.78, 5) is 12.8. The smallest absolute Gasteiger partial charge is 0.344 e. The van der Waals surface area contributed by atoms with E-state index in [4.69, 9.17) is 23.2 Å². The molecule has 0 unspecified atom stereocenters. The first kappa shape index (κ1) is 16.3. The number of rotatable bonds is 5. The van der Waals surface area contributed by atoms with Crippen LogP contribution < -0.4 is 0 Å². The van der Waals surface area contributed by atoms with Gasteiger partial charge in [0.15, 0.2) is 0 Å². The highest BCUT2D eigenvalue weighted by molar-refractivity contribution is 8.57. The molecule has 0 atom stereocenters. The van der Waals surface area contributed by atoms with Crippen molar-refractivity contribution in [2.24, 2.45) is 0 Å². The summed E-state index contributed by atoms with van der Waals surface area (Å²) in [6.07, 6.45) is 0. The summed E-state index contributed by atoms with van der Waals surface area (Å²) >= 11 is 11.7. The number of halogens is 2. The Balaban J connectivity index is 5.09. The molecule has 94 valence electrons. The van der Waals surface area contributed by atoms with Gasteiger partial charge in [-0.2, -0.15) is 0 Å². The Morgan fingerprint density at radius 2 is 1.69 bits per heavy atom. The highest BCUT2D eigenvalue weighted by Crippen LogP contribution is 2.63. The van der Waals surface area contributed by atoms with E-state index in [2.05, 4.69) is 9.05 Å². The van der Waals surface area contributed by atoms with Crippen LogP contribution in [-0.2, 0) is 18.4 Å². The summed E-state index contributed by atoms with van der Waals surface area (Å²) in [5, 5.41) is 0. The molecule has 0 aromatic rings. The molecule has 1 amide bonds. The summed E-state index contributed by atoms with van der Waals surface area (Å²) in [7, 11) is 5.45. The first-order valence-corrected chi connectivity index (χ1v) is 7.67. The topological polar surface area (TPSA) is 55.8 Å². The van der Waals surface area contributed by atoms with Crippen LogP contribution in [0.5, 0.6) is 0 Å². The normalized spacial score (nSPS) is 11.1. The Bertz CT molecular complexity index is 335. The Kier molecular flexibility index (Phi) is 7.01. The van der Waals surface area contributed by atoms with E-state index in [0.29, 0.717) is 11.4 Å². The van der Waals surface area contributed by atoms with E-state index in [-0.39, 0.29) is 9.40 Å². The van der Waals surface area contributed by atoms with Gasteiger partial charge in [-0.25, -0.2) is 4.57 Å². The van der Waals surface area contributed by atoms with E-state index < -0.39 is 12.7 Å². The first-order valence-electron chi connectivity index (χ1n) is 3.95. The lowest BCUT2D eigenvalue weighted by Gasteiger charge is -2.17. The van der Waals surface area contributed by atoms with Crippen molar-refractivity contribution in [3.8, 4) is 0 Å². The van der Waals surface area contributed by atoms with Gasteiger partial charge in [-0.05, 0) is 0 Å². The first-order chi connectivity index (χ1) is 7.27. The van der Waals surface area contributed by atoms with Crippen LogP contribution in [0.4, 0.5) is 0 Å². The number of carbonyl (C=O) groups is 1. The van der Waals surface area contributed by atoms with Crippen molar-refractivity contribution >= 4 is 47.3 Å². The van der Waals surface area contributed by atoms with E-state index in [1.165, 1.54) is 33.2 Å². The van der Waals surface area contributed by atoms with Crippen LogP contribution in [0.1, 0.15) is 0 Å². The van der Waals surface area contributed by atoms with Gasteiger partial charge in [0.1, 0.15) is 9.40 Å². The number of hydrogen-bond donors (Lipinski definition) is 0. The van der Waals surface area contributed by atoms with Gasteiger partial charge in [0.2, 0.25) is 0 Å². The third-order valence-electron chi connectivity index (χ3n) is 1.42. The summed E-state index contributed by atoms with van der Waals surface area (Å²) in [6.45, 7) is -3.44. The van der Waals surface area contributed by atoms with E-state index in [0.717, 1.165) is 0 Å². The molecule has 0 heterocycles. The fourth-order valence-electron chi connectivity index (χ4n) is 0.618. The van der Waals surface area contributed by atoms with Crippen LogP contribution in [0.15, 0.2) is 9.40 Å². The van der Waals surface area contributed by atoms with Crippen LogP contribution in [0.25, 0.3) is 0 Å². The SMILES string of the molecule is COP(=O)(OC)SC(C(=O)N(C)C)=C(Cl)Cl. The van der Waals surface area contributed by atoms with Crippen molar-refractivity contribution in [2.45, 2.75) is 0 Å². The number of nitrogens with zero attached hydrogens (tertiary/aromatic N) is 1. The molecule has 0 radical (unpaired) electrons. The van der Waals surface area contributed by atoms with Gasteiger partial charge in [-0.3, -0.25) is 4.79 Å². The maximum absolute atomic E-state index is 11.8. The lowest BCUT2D eigenvalue weighted by molar-refractivity contribution is -0.123. The predicted molar refractivity (Wildman–Crippen MR) is 66.6 cm³/mol. The number of amides is 1. The molecule has 0 spiro atoms. The Morgan fingerprint density at radius 3 is 1.94 bits per heavy atom. The van der Waals surface area contributed by atoms with Crippen LogP contribution in [0.2, 0.25) is 0 Å². The molecule has 0 aliphatic carbocycles. The summed E-state index contributed by atoms with van der Waals surface area (Å²) in [6, 6.07) is 0. The van der Waals surface area contributed by atoms with E-state index in [9.17, 15) is 9.36 Å². The van der Waals surface area contributed by atoms with Crippen LogP contribution in [0, 0.1) is 0 Å². The highest BCUT2D eigenvalue weighted by Gasteiger charge is 2.30. The van der Waals surface area contributed by atoms with E-state index >= 15 is 0 Å². The maximum atomic E-state index is 11.8. The molecular weight excluding hydrogens is 296 g/mol. The van der Waals surface area contributed by atoms with Crippen molar-refractivity contribution < 1.29 is 18.4 Å². The van der Waals surface area contributed by atoms with Crippen LogP contribution >= 0.6 is 41.4 Å². The minimum atomic E-state index is -3.44. The molecule has 0 aliphatic rings. The molecule has 5 nitrogen and oxygen atoms in total. The molecule has 0 fully saturated rings. The van der Waals surface area contributed by atoms with Crippen molar-refractivity contribution in [3.05, 3.63) is 9.40 Å². The summed E-state index contributed by atoms with van der Waals surface area (Å²) < 4.78 is 20.9. The quantitative estimate of drug-likeness (QED) is 0.577. The molecule has 16 heavy (non-hydrogen) atoms. The lowest BCUT2D eigenvalue weighted by Crippen LogP contribution is -2.22. The van der Waals surface area contributed by atoms with Gasteiger partial charge in [-0.1, -0.05) is 23.2 Å². The van der Waals surface area contributed by atoms with Gasteiger partial charge >= 0.3 is 6.80 Å². The monoisotopic (exact) mass is 307 g/mol. The number of hydrogen-bond acceptors (Lipinski definition) is 5. The Morgan fingerprint density at radius 1 is 1.25 bits per heavy atom. The molecule has 0 saturated heterocycles. The highest BCUT2D eigenvalue weighted by atomic mass is 35.5. The lowest BCUT2D eigenvalue weighted by atomic mass is 10.5. The van der Waals surface area contributed by atoms with Gasteiger partial charge in [-0.15, -0.1) is 0 Å². The summed E-state index contributed by atoms with van der Waals surface area (Å²) in [5.74, 6) is -0.473. The standard InChI is InChI=1S/C7H12Cl2NO4PS/c1-10(2)7(11)5(6(8)9)16-15(12,13-3)14-4/h1-4H3. The van der Waals surface area contributed by atoms with Crippen LogP contribution in [-0.4, -0.2) is 39.1 Å². The second-order valence-electron chi connectivity index (χ2n) is 2.69. The van der Waals surface area contributed by atoms with Crippen LogP contribution in [0.3, 0.4) is 0 Å². The van der Waals surface area contributed by atoms with Crippen molar-refractivity contribution in [2.75, 3.05) is 28.3 Å². The summed E-state index contributed by atoms with van der Waals surface area (Å²) in [5.41, 5.74) is 0. The molecular formula is C7H12Cl2NO4PS. The molecule has 0 aromatic heterocycles. The number of likely N-dealkylation sites (N-methyl/N-ethyl adjacent to an activating group) is 1. The molecule has 0 aromatic carbocycles. The average molecular weight is 308 g/mol. The van der Waals surface area contributed by atoms with E-state index in [1.54, 1.807) is 0 Å². The average Bonchev–Trinajstić information content (AvgIpc) is 2.24. The molecule has 0 rings (SSSR count). The van der Waals surface area contributed by atoms with Crippen molar-refractivity contribution in [3.63, 3.8) is 0 Å². The second kappa shape index (κ2) is 6.89. The van der Waals surface area contributed by atoms with Crippen molar-refractivity contribution in [1.82, 2.24) is 4.90 Å². The third-order valence-corrected chi connectivity index (χ3v) is 5.82. The zero-order chi connectivity index (χ0) is 12.9. The fourth-order valence-corrected chi connectivity index (χ4v) is 3.81. The van der Waals surface area contributed by atoms with Crippen molar-refractivity contribution in [1.29, 1.82) is 0 Å². The molecule has 0 bridgehead atoms. The molecule has 0 N–H and O–H groups in total. The zero-order valence-corrected chi connectivity index (χ0v) is 12.4.